The molecular weight excluding hydrogens is 260 g/mol. The second kappa shape index (κ2) is 5.08. The molecule has 0 atom stereocenters. The SMILES string of the molecule is CNCC1(c2ccc(F)cc2F)CC2(CCOCC2)C1. The largest absolute Gasteiger partial charge is 0.381 e. The van der Waals surface area contributed by atoms with Crippen molar-refractivity contribution in [2.45, 2.75) is 31.1 Å². The Balaban J connectivity index is 1.87. The van der Waals surface area contributed by atoms with Gasteiger partial charge in [-0.1, -0.05) is 6.07 Å². The molecule has 1 heterocycles. The summed E-state index contributed by atoms with van der Waals surface area (Å²) in [6.07, 6.45) is 4.04. The predicted octanol–water partition coefficient (Wildman–Crippen LogP) is 3.01. The molecule has 110 valence electrons. The van der Waals surface area contributed by atoms with Crippen LogP contribution in [0.3, 0.4) is 0 Å². The summed E-state index contributed by atoms with van der Waals surface area (Å²) < 4.78 is 32.7. The van der Waals surface area contributed by atoms with E-state index >= 15 is 0 Å². The van der Waals surface area contributed by atoms with Crippen LogP contribution in [0.5, 0.6) is 0 Å². The third-order valence-electron chi connectivity index (χ3n) is 5.00. The van der Waals surface area contributed by atoms with Gasteiger partial charge in [0.1, 0.15) is 11.6 Å². The van der Waals surface area contributed by atoms with Crippen LogP contribution in [0.25, 0.3) is 0 Å². The fraction of sp³-hybridized carbons (Fsp3) is 0.625. The fourth-order valence-corrected chi connectivity index (χ4v) is 4.21. The van der Waals surface area contributed by atoms with E-state index in [1.165, 1.54) is 6.07 Å². The van der Waals surface area contributed by atoms with Crippen LogP contribution < -0.4 is 5.32 Å². The van der Waals surface area contributed by atoms with Gasteiger partial charge in [-0.2, -0.15) is 0 Å². The number of hydrogen-bond acceptors (Lipinski definition) is 2. The van der Waals surface area contributed by atoms with Crippen LogP contribution in [0.2, 0.25) is 0 Å². The molecule has 0 radical (unpaired) electrons. The van der Waals surface area contributed by atoms with Crippen molar-refractivity contribution in [3.8, 4) is 0 Å². The Hall–Kier alpha value is -1.00. The molecule has 1 aliphatic heterocycles. The molecule has 1 saturated heterocycles. The number of ether oxygens (including phenoxy) is 1. The first-order valence-corrected chi connectivity index (χ1v) is 7.27. The topological polar surface area (TPSA) is 21.3 Å². The van der Waals surface area contributed by atoms with E-state index in [9.17, 15) is 8.78 Å². The van der Waals surface area contributed by atoms with E-state index in [1.54, 1.807) is 6.07 Å². The Morgan fingerprint density at radius 1 is 1.20 bits per heavy atom. The standard InChI is InChI=1S/C16H21F2NO/c1-19-11-16(13-3-2-12(17)8-14(13)18)9-15(10-16)4-6-20-7-5-15/h2-3,8,19H,4-7,9-11H2,1H3. The maximum absolute atomic E-state index is 14.2. The Morgan fingerprint density at radius 3 is 2.50 bits per heavy atom. The van der Waals surface area contributed by atoms with Gasteiger partial charge in [-0.25, -0.2) is 8.78 Å². The summed E-state index contributed by atoms with van der Waals surface area (Å²) >= 11 is 0. The molecule has 20 heavy (non-hydrogen) atoms. The first-order valence-electron chi connectivity index (χ1n) is 7.27. The minimum Gasteiger partial charge on any atom is -0.381 e. The number of nitrogens with one attached hydrogen (secondary N) is 1. The van der Waals surface area contributed by atoms with E-state index in [-0.39, 0.29) is 5.41 Å². The third-order valence-corrected chi connectivity index (χ3v) is 5.00. The number of halogens is 2. The highest BCUT2D eigenvalue weighted by Gasteiger charge is 2.55. The molecule has 1 saturated carbocycles. The van der Waals surface area contributed by atoms with Crippen LogP contribution in [0.15, 0.2) is 18.2 Å². The van der Waals surface area contributed by atoms with Crippen LogP contribution in [0.4, 0.5) is 8.78 Å². The lowest BCUT2D eigenvalue weighted by atomic mass is 9.48. The smallest absolute Gasteiger partial charge is 0.129 e. The highest BCUT2D eigenvalue weighted by atomic mass is 19.1. The van der Waals surface area contributed by atoms with Crippen molar-refractivity contribution in [2.75, 3.05) is 26.8 Å². The number of rotatable bonds is 3. The fourth-order valence-electron chi connectivity index (χ4n) is 4.21. The minimum atomic E-state index is -0.508. The second-order valence-corrected chi connectivity index (χ2v) is 6.40. The Kier molecular flexibility index (Phi) is 3.55. The summed E-state index contributed by atoms with van der Waals surface area (Å²) in [4.78, 5) is 0. The molecular formula is C16H21F2NO. The van der Waals surface area contributed by atoms with Gasteiger partial charge in [0.2, 0.25) is 0 Å². The van der Waals surface area contributed by atoms with Crippen LogP contribution in [-0.4, -0.2) is 26.8 Å². The second-order valence-electron chi connectivity index (χ2n) is 6.40. The summed E-state index contributed by atoms with van der Waals surface area (Å²) in [6, 6.07) is 3.99. The normalized spacial score (nSPS) is 23.6. The van der Waals surface area contributed by atoms with Gasteiger partial charge < -0.3 is 10.1 Å². The predicted molar refractivity (Wildman–Crippen MR) is 73.7 cm³/mol. The van der Waals surface area contributed by atoms with E-state index in [0.717, 1.165) is 51.5 Å². The summed E-state index contributed by atoms with van der Waals surface area (Å²) in [7, 11) is 1.89. The van der Waals surface area contributed by atoms with Crippen molar-refractivity contribution in [1.29, 1.82) is 0 Å². The highest BCUT2D eigenvalue weighted by Crippen LogP contribution is 2.60. The van der Waals surface area contributed by atoms with Crippen LogP contribution in [-0.2, 0) is 10.2 Å². The van der Waals surface area contributed by atoms with E-state index in [4.69, 9.17) is 4.74 Å². The average Bonchev–Trinajstić information content (AvgIpc) is 2.38. The van der Waals surface area contributed by atoms with Crippen molar-refractivity contribution in [3.05, 3.63) is 35.4 Å². The molecule has 2 nitrogen and oxygen atoms in total. The summed E-state index contributed by atoms with van der Waals surface area (Å²) in [5.41, 5.74) is 0.769. The molecule has 2 aliphatic rings. The maximum Gasteiger partial charge on any atom is 0.129 e. The highest BCUT2D eigenvalue weighted by molar-refractivity contribution is 5.33. The third kappa shape index (κ3) is 2.25. The Bertz CT molecular complexity index is 489. The van der Waals surface area contributed by atoms with E-state index in [1.807, 2.05) is 7.05 Å². The zero-order valence-electron chi connectivity index (χ0n) is 11.8. The van der Waals surface area contributed by atoms with E-state index in [2.05, 4.69) is 5.32 Å². The Labute approximate surface area is 118 Å². The van der Waals surface area contributed by atoms with Crippen molar-refractivity contribution >= 4 is 0 Å². The number of likely N-dealkylation sites (N-methyl/N-ethyl adjacent to an activating group) is 1. The Morgan fingerprint density at radius 2 is 1.90 bits per heavy atom. The quantitative estimate of drug-likeness (QED) is 0.919. The molecule has 1 spiro atoms. The average molecular weight is 281 g/mol. The molecule has 3 rings (SSSR count). The van der Waals surface area contributed by atoms with Crippen LogP contribution >= 0.6 is 0 Å². The first kappa shape index (κ1) is 14.0. The minimum absolute atomic E-state index is 0.191. The summed E-state index contributed by atoms with van der Waals surface area (Å²) in [5, 5.41) is 3.18. The van der Waals surface area contributed by atoms with Crippen LogP contribution in [0.1, 0.15) is 31.2 Å². The summed E-state index contributed by atoms with van der Waals surface area (Å²) in [6.45, 7) is 2.35. The monoisotopic (exact) mass is 281 g/mol. The molecule has 2 fully saturated rings. The van der Waals surface area contributed by atoms with Gasteiger partial charge in [-0.3, -0.25) is 0 Å². The van der Waals surface area contributed by atoms with Gasteiger partial charge in [-0.15, -0.1) is 0 Å². The van der Waals surface area contributed by atoms with Crippen molar-refractivity contribution in [2.24, 2.45) is 5.41 Å². The lowest BCUT2D eigenvalue weighted by Crippen LogP contribution is -2.56. The molecule has 1 aliphatic carbocycles. The van der Waals surface area contributed by atoms with E-state index < -0.39 is 11.6 Å². The lowest BCUT2D eigenvalue weighted by Gasteiger charge is -2.58. The van der Waals surface area contributed by atoms with Gasteiger partial charge in [0.25, 0.3) is 0 Å². The molecule has 4 heteroatoms. The molecule has 0 amide bonds. The first-order chi connectivity index (χ1) is 9.59. The van der Waals surface area contributed by atoms with Gasteiger partial charge in [0.15, 0.2) is 0 Å². The van der Waals surface area contributed by atoms with Crippen molar-refractivity contribution < 1.29 is 13.5 Å². The lowest BCUT2D eigenvalue weighted by molar-refractivity contribution is -0.0741. The van der Waals surface area contributed by atoms with Crippen molar-refractivity contribution in [1.82, 2.24) is 5.32 Å². The van der Waals surface area contributed by atoms with Gasteiger partial charge >= 0.3 is 0 Å². The van der Waals surface area contributed by atoms with Crippen LogP contribution in [0, 0.1) is 17.0 Å². The molecule has 0 bridgehead atoms. The molecule has 0 unspecified atom stereocenters. The van der Waals surface area contributed by atoms with E-state index in [0.29, 0.717) is 11.0 Å². The molecule has 1 aromatic carbocycles. The molecule has 1 N–H and O–H groups in total. The molecule has 0 aromatic heterocycles. The van der Waals surface area contributed by atoms with Gasteiger partial charge in [0.05, 0.1) is 0 Å². The zero-order valence-corrected chi connectivity index (χ0v) is 11.8. The zero-order chi connectivity index (χ0) is 14.2. The molecule has 1 aromatic rings. The summed E-state index contributed by atoms with van der Waals surface area (Å²) in [5.74, 6) is -0.923. The van der Waals surface area contributed by atoms with Gasteiger partial charge in [0, 0.05) is 31.2 Å². The maximum atomic E-state index is 14.2. The number of benzene rings is 1. The van der Waals surface area contributed by atoms with Crippen molar-refractivity contribution in [3.63, 3.8) is 0 Å². The number of hydrogen-bond donors (Lipinski definition) is 1. The van der Waals surface area contributed by atoms with Gasteiger partial charge in [-0.05, 0) is 49.8 Å².